The maximum absolute atomic E-state index is 13.7. The lowest BCUT2D eigenvalue weighted by Gasteiger charge is -2.24. The van der Waals surface area contributed by atoms with Gasteiger partial charge in [-0.1, -0.05) is 0 Å². The van der Waals surface area contributed by atoms with Crippen LogP contribution in [-0.4, -0.2) is 12.2 Å². The maximum Gasteiger partial charge on any atom is 0.195 e. The number of halogens is 1. The Hall–Kier alpha value is -1.13. The van der Waals surface area contributed by atoms with Gasteiger partial charge in [-0.3, -0.25) is 0 Å². The standard InChI is InChI=1S/C12H16FNO2/c1-7-8(2)16-12(3,15-7)10-6-9(14)4-5-11(10)13/h4-8H,14H2,1-3H3. The first kappa shape index (κ1) is 11.4. The molecular weight excluding hydrogens is 209 g/mol. The number of hydrogen-bond acceptors (Lipinski definition) is 3. The number of anilines is 1. The summed E-state index contributed by atoms with van der Waals surface area (Å²) in [5.74, 6) is -1.41. The van der Waals surface area contributed by atoms with Gasteiger partial charge in [0.25, 0.3) is 0 Å². The van der Waals surface area contributed by atoms with E-state index in [0.29, 0.717) is 11.3 Å². The van der Waals surface area contributed by atoms with Crippen LogP contribution in [0.4, 0.5) is 10.1 Å². The fourth-order valence-electron chi connectivity index (χ4n) is 1.95. The molecule has 3 nitrogen and oxygen atoms in total. The second-order valence-electron chi connectivity index (χ2n) is 4.33. The van der Waals surface area contributed by atoms with Crippen LogP contribution in [0, 0.1) is 5.82 Å². The topological polar surface area (TPSA) is 44.5 Å². The van der Waals surface area contributed by atoms with Crippen LogP contribution in [0.3, 0.4) is 0 Å². The van der Waals surface area contributed by atoms with E-state index in [1.165, 1.54) is 12.1 Å². The van der Waals surface area contributed by atoms with Crippen molar-refractivity contribution in [3.63, 3.8) is 0 Å². The lowest BCUT2D eigenvalue weighted by Crippen LogP contribution is -2.25. The largest absolute Gasteiger partial charge is 0.399 e. The van der Waals surface area contributed by atoms with Crippen LogP contribution >= 0.6 is 0 Å². The summed E-state index contributed by atoms with van der Waals surface area (Å²) in [6.07, 6.45) is -0.128. The quantitative estimate of drug-likeness (QED) is 0.746. The first-order valence-corrected chi connectivity index (χ1v) is 5.33. The SMILES string of the molecule is CC1OC(C)(c2cc(N)ccc2F)OC1C. The van der Waals surface area contributed by atoms with E-state index in [9.17, 15) is 4.39 Å². The van der Waals surface area contributed by atoms with E-state index < -0.39 is 5.79 Å². The highest BCUT2D eigenvalue weighted by Crippen LogP contribution is 2.38. The highest BCUT2D eigenvalue weighted by atomic mass is 19.1. The molecule has 2 rings (SSSR count). The van der Waals surface area contributed by atoms with Crippen LogP contribution in [0.1, 0.15) is 26.3 Å². The minimum Gasteiger partial charge on any atom is -0.399 e. The molecule has 0 saturated carbocycles. The third kappa shape index (κ3) is 1.79. The molecule has 1 heterocycles. The highest BCUT2D eigenvalue weighted by molar-refractivity contribution is 5.43. The lowest BCUT2D eigenvalue weighted by molar-refractivity contribution is -0.168. The molecule has 0 radical (unpaired) electrons. The molecule has 0 aliphatic carbocycles. The van der Waals surface area contributed by atoms with Gasteiger partial charge in [-0.25, -0.2) is 4.39 Å². The van der Waals surface area contributed by atoms with Gasteiger partial charge in [0.05, 0.1) is 12.2 Å². The molecule has 0 aromatic heterocycles. The first-order chi connectivity index (χ1) is 7.42. The van der Waals surface area contributed by atoms with Crippen molar-refractivity contribution in [2.45, 2.75) is 38.8 Å². The van der Waals surface area contributed by atoms with E-state index >= 15 is 0 Å². The Bertz CT molecular complexity index is 398. The fraction of sp³-hybridized carbons (Fsp3) is 0.500. The van der Waals surface area contributed by atoms with Crippen molar-refractivity contribution in [2.75, 3.05) is 5.73 Å². The zero-order valence-corrected chi connectivity index (χ0v) is 9.66. The molecule has 0 amide bonds. The van der Waals surface area contributed by atoms with Crippen molar-refractivity contribution in [3.8, 4) is 0 Å². The number of benzene rings is 1. The molecule has 1 aliphatic heterocycles. The predicted octanol–water partition coefficient (Wildman–Crippen LogP) is 2.40. The van der Waals surface area contributed by atoms with Gasteiger partial charge in [0.15, 0.2) is 5.79 Å². The van der Waals surface area contributed by atoms with Gasteiger partial charge < -0.3 is 15.2 Å². The van der Waals surface area contributed by atoms with Gasteiger partial charge in [0.2, 0.25) is 0 Å². The van der Waals surface area contributed by atoms with E-state index in [-0.39, 0.29) is 18.0 Å². The Kier molecular flexibility index (Phi) is 2.64. The van der Waals surface area contributed by atoms with Crippen LogP contribution in [0.15, 0.2) is 18.2 Å². The molecule has 1 saturated heterocycles. The van der Waals surface area contributed by atoms with Crippen molar-refractivity contribution < 1.29 is 13.9 Å². The van der Waals surface area contributed by atoms with E-state index in [1.54, 1.807) is 13.0 Å². The Morgan fingerprint density at radius 1 is 1.25 bits per heavy atom. The molecule has 1 fully saturated rings. The summed E-state index contributed by atoms with van der Waals surface area (Å²) >= 11 is 0. The van der Waals surface area contributed by atoms with E-state index in [0.717, 1.165) is 0 Å². The monoisotopic (exact) mass is 225 g/mol. The Labute approximate surface area is 94.3 Å². The predicted molar refractivity (Wildman–Crippen MR) is 59.3 cm³/mol. The Morgan fingerprint density at radius 2 is 1.81 bits per heavy atom. The highest BCUT2D eigenvalue weighted by Gasteiger charge is 2.43. The third-order valence-corrected chi connectivity index (χ3v) is 2.96. The average molecular weight is 225 g/mol. The molecule has 2 atom stereocenters. The zero-order chi connectivity index (χ0) is 11.9. The molecule has 0 spiro atoms. The summed E-state index contributed by atoms with van der Waals surface area (Å²) < 4.78 is 25.0. The molecule has 2 N–H and O–H groups in total. The maximum atomic E-state index is 13.7. The molecule has 2 unspecified atom stereocenters. The van der Waals surface area contributed by atoms with Gasteiger partial charge in [0.1, 0.15) is 5.82 Å². The van der Waals surface area contributed by atoms with Crippen molar-refractivity contribution in [1.82, 2.24) is 0 Å². The second-order valence-corrected chi connectivity index (χ2v) is 4.33. The first-order valence-electron chi connectivity index (χ1n) is 5.33. The van der Waals surface area contributed by atoms with Crippen molar-refractivity contribution in [3.05, 3.63) is 29.6 Å². The van der Waals surface area contributed by atoms with Crippen LogP contribution < -0.4 is 5.73 Å². The zero-order valence-electron chi connectivity index (χ0n) is 9.66. The summed E-state index contributed by atoms with van der Waals surface area (Å²) in [5.41, 5.74) is 6.49. The van der Waals surface area contributed by atoms with Crippen LogP contribution in [0.2, 0.25) is 0 Å². The van der Waals surface area contributed by atoms with Gasteiger partial charge in [-0.15, -0.1) is 0 Å². The van der Waals surface area contributed by atoms with E-state index in [4.69, 9.17) is 15.2 Å². The number of ether oxygens (including phenoxy) is 2. The van der Waals surface area contributed by atoms with Crippen LogP contribution in [0.25, 0.3) is 0 Å². The third-order valence-electron chi connectivity index (χ3n) is 2.96. The van der Waals surface area contributed by atoms with Gasteiger partial charge >= 0.3 is 0 Å². The summed E-state index contributed by atoms with van der Waals surface area (Å²) in [4.78, 5) is 0. The number of rotatable bonds is 1. The van der Waals surface area contributed by atoms with Crippen molar-refractivity contribution in [1.29, 1.82) is 0 Å². The van der Waals surface area contributed by atoms with Gasteiger partial charge in [-0.05, 0) is 39.0 Å². The van der Waals surface area contributed by atoms with Crippen LogP contribution in [-0.2, 0) is 15.3 Å². The summed E-state index contributed by atoms with van der Waals surface area (Å²) in [6, 6.07) is 4.40. The second kappa shape index (κ2) is 3.71. The molecule has 4 heteroatoms. The van der Waals surface area contributed by atoms with Crippen LogP contribution in [0.5, 0.6) is 0 Å². The normalized spacial score (nSPS) is 34.2. The lowest BCUT2D eigenvalue weighted by atomic mass is 10.1. The molecule has 1 aromatic carbocycles. The van der Waals surface area contributed by atoms with Gasteiger partial charge in [-0.2, -0.15) is 0 Å². The number of nitrogen functional groups attached to an aromatic ring is 1. The Morgan fingerprint density at radius 3 is 2.38 bits per heavy atom. The number of hydrogen-bond donors (Lipinski definition) is 1. The van der Waals surface area contributed by atoms with E-state index in [1.807, 2.05) is 13.8 Å². The summed E-state index contributed by atoms with van der Waals surface area (Å²) in [5, 5.41) is 0. The molecule has 88 valence electrons. The minimum absolute atomic E-state index is 0.0640. The molecule has 1 aromatic rings. The van der Waals surface area contributed by atoms with Crippen molar-refractivity contribution in [2.24, 2.45) is 0 Å². The van der Waals surface area contributed by atoms with E-state index in [2.05, 4.69) is 0 Å². The fourth-order valence-corrected chi connectivity index (χ4v) is 1.95. The minimum atomic E-state index is -1.04. The molecular formula is C12H16FNO2. The average Bonchev–Trinajstić information content (AvgIpc) is 2.46. The Balaban J connectivity index is 2.40. The van der Waals surface area contributed by atoms with Crippen molar-refractivity contribution >= 4 is 5.69 Å². The summed E-state index contributed by atoms with van der Waals surface area (Å²) in [7, 11) is 0. The molecule has 0 bridgehead atoms. The molecule has 16 heavy (non-hydrogen) atoms. The number of nitrogens with two attached hydrogens (primary N) is 1. The summed E-state index contributed by atoms with van der Waals surface area (Å²) in [6.45, 7) is 5.52. The smallest absolute Gasteiger partial charge is 0.195 e. The van der Waals surface area contributed by atoms with Gasteiger partial charge in [0, 0.05) is 11.3 Å². The molecule has 1 aliphatic rings.